The minimum Gasteiger partial charge on any atom is -0.356 e. The van der Waals surface area contributed by atoms with E-state index in [-0.39, 0.29) is 0 Å². The molecule has 6 heteroatoms. The second-order valence-electron chi connectivity index (χ2n) is 4.37. The highest BCUT2D eigenvalue weighted by atomic mass is 79.9. The maximum absolute atomic E-state index is 8.60. The maximum atomic E-state index is 8.60. The predicted octanol–water partition coefficient (Wildman–Crippen LogP) is 2.19. The molecule has 2 rings (SSSR count). The fourth-order valence-corrected chi connectivity index (χ4v) is 2.44. The van der Waals surface area contributed by atoms with E-state index in [4.69, 9.17) is 5.26 Å². The first-order chi connectivity index (χ1) is 8.72. The highest BCUT2D eigenvalue weighted by molar-refractivity contribution is 9.10. The summed E-state index contributed by atoms with van der Waals surface area (Å²) < 4.78 is 0.932. The molecule has 5 nitrogen and oxygen atoms in total. The number of nitriles is 1. The van der Waals surface area contributed by atoms with Crippen LogP contribution in [0.5, 0.6) is 0 Å². The Bertz CT molecular complexity index is 450. The highest BCUT2D eigenvalue weighted by Crippen LogP contribution is 2.27. The molecule has 0 radical (unpaired) electrons. The molecule has 2 heterocycles. The first-order valence-corrected chi connectivity index (χ1v) is 6.87. The molecule has 0 aromatic carbocycles. The smallest absolute Gasteiger partial charge is 0.227 e. The first kappa shape index (κ1) is 13.1. The van der Waals surface area contributed by atoms with E-state index in [1.807, 2.05) is 11.9 Å². The molecular weight excluding hydrogens is 294 g/mol. The van der Waals surface area contributed by atoms with Crippen molar-refractivity contribution in [1.82, 2.24) is 9.97 Å². The number of rotatable bonds is 4. The van der Waals surface area contributed by atoms with E-state index in [9.17, 15) is 0 Å². The maximum Gasteiger partial charge on any atom is 0.227 e. The minimum absolute atomic E-state index is 0.481. The average Bonchev–Trinajstić information content (AvgIpc) is 2.90. The number of hydrogen-bond donors (Lipinski definition) is 0. The van der Waals surface area contributed by atoms with Crippen LogP contribution in [0.1, 0.15) is 19.3 Å². The molecule has 0 spiro atoms. The van der Waals surface area contributed by atoms with Crippen molar-refractivity contribution in [3.8, 4) is 6.07 Å². The third kappa shape index (κ3) is 2.91. The van der Waals surface area contributed by atoms with Crippen LogP contribution >= 0.6 is 15.9 Å². The van der Waals surface area contributed by atoms with Crippen LogP contribution in [0.3, 0.4) is 0 Å². The van der Waals surface area contributed by atoms with Gasteiger partial charge in [-0.1, -0.05) is 0 Å². The van der Waals surface area contributed by atoms with Gasteiger partial charge in [0, 0.05) is 32.9 Å². The zero-order chi connectivity index (χ0) is 13.0. The Kier molecular flexibility index (Phi) is 4.37. The Morgan fingerprint density at radius 2 is 2.22 bits per heavy atom. The third-order valence-corrected chi connectivity index (χ3v) is 3.58. The van der Waals surface area contributed by atoms with Crippen molar-refractivity contribution in [3.63, 3.8) is 0 Å². The van der Waals surface area contributed by atoms with Gasteiger partial charge in [0.05, 0.1) is 17.0 Å². The van der Waals surface area contributed by atoms with Gasteiger partial charge in [0.1, 0.15) is 5.82 Å². The van der Waals surface area contributed by atoms with Crippen LogP contribution in [0.2, 0.25) is 0 Å². The Hall–Kier alpha value is -1.35. The molecule has 0 unspecified atom stereocenters. The van der Waals surface area contributed by atoms with Crippen molar-refractivity contribution in [2.24, 2.45) is 0 Å². The van der Waals surface area contributed by atoms with Crippen molar-refractivity contribution in [3.05, 3.63) is 10.7 Å². The summed E-state index contributed by atoms with van der Waals surface area (Å²) in [6, 6.07) is 2.13. The van der Waals surface area contributed by atoms with Gasteiger partial charge < -0.3 is 9.80 Å². The lowest BCUT2D eigenvalue weighted by Gasteiger charge is -2.21. The molecule has 0 bridgehead atoms. The zero-order valence-corrected chi connectivity index (χ0v) is 12.0. The van der Waals surface area contributed by atoms with Crippen LogP contribution in [-0.2, 0) is 0 Å². The van der Waals surface area contributed by atoms with Gasteiger partial charge in [-0.15, -0.1) is 0 Å². The van der Waals surface area contributed by atoms with Crippen molar-refractivity contribution < 1.29 is 0 Å². The monoisotopic (exact) mass is 309 g/mol. The second-order valence-corrected chi connectivity index (χ2v) is 5.22. The summed E-state index contributed by atoms with van der Waals surface area (Å²) in [5, 5.41) is 8.60. The Labute approximate surface area is 116 Å². The van der Waals surface area contributed by atoms with Gasteiger partial charge in [0.15, 0.2) is 0 Å². The van der Waals surface area contributed by atoms with Crippen molar-refractivity contribution in [1.29, 1.82) is 5.26 Å². The lowest BCUT2D eigenvalue weighted by atomic mass is 10.4. The topological polar surface area (TPSA) is 56.1 Å². The summed E-state index contributed by atoms with van der Waals surface area (Å²) in [6.45, 7) is 2.76. The molecule has 1 fully saturated rings. The summed E-state index contributed by atoms with van der Waals surface area (Å²) >= 11 is 3.50. The van der Waals surface area contributed by atoms with Gasteiger partial charge in [-0.05, 0) is 28.8 Å². The van der Waals surface area contributed by atoms with Gasteiger partial charge in [-0.25, -0.2) is 4.98 Å². The molecule has 0 aliphatic carbocycles. The van der Waals surface area contributed by atoms with Crippen molar-refractivity contribution in [2.75, 3.05) is 36.5 Å². The molecule has 1 aromatic rings. The van der Waals surface area contributed by atoms with Gasteiger partial charge in [-0.3, -0.25) is 0 Å². The highest BCUT2D eigenvalue weighted by Gasteiger charge is 2.18. The normalized spacial score (nSPS) is 14.6. The van der Waals surface area contributed by atoms with E-state index in [1.165, 1.54) is 12.8 Å². The summed E-state index contributed by atoms with van der Waals surface area (Å²) in [7, 11) is 1.91. The number of halogens is 1. The van der Waals surface area contributed by atoms with Gasteiger partial charge in [0.2, 0.25) is 5.95 Å². The van der Waals surface area contributed by atoms with E-state index >= 15 is 0 Å². The van der Waals surface area contributed by atoms with Crippen LogP contribution in [0.25, 0.3) is 0 Å². The lowest BCUT2D eigenvalue weighted by molar-refractivity contribution is 0.842. The molecule has 0 N–H and O–H groups in total. The Morgan fingerprint density at radius 3 is 2.89 bits per heavy atom. The van der Waals surface area contributed by atoms with Gasteiger partial charge >= 0.3 is 0 Å². The molecule has 0 atom stereocenters. The summed E-state index contributed by atoms with van der Waals surface area (Å²) in [6.07, 6.45) is 4.71. The standard InChI is InChI=1S/C12H16BrN5/c1-17(6-4-5-14)12-15-9-10(13)11(16-12)18-7-2-3-8-18/h9H,2-4,6-8H2,1H3. The molecule has 0 saturated carbocycles. The minimum atomic E-state index is 0.481. The van der Waals surface area contributed by atoms with Gasteiger partial charge in [-0.2, -0.15) is 10.2 Å². The molecule has 1 aliphatic heterocycles. The summed E-state index contributed by atoms with van der Waals surface area (Å²) in [4.78, 5) is 13.1. The fourth-order valence-electron chi connectivity index (χ4n) is 2.00. The van der Waals surface area contributed by atoms with E-state index in [0.717, 1.165) is 23.4 Å². The Morgan fingerprint density at radius 1 is 1.50 bits per heavy atom. The lowest BCUT2D eigenvalue weighted by Crippen LogP contribution is -2.24. The summed E-state index contributed by atoms with van der Waals surface area (Å²) in [5.74, 6) is 1.64. The molecule has 1 saturated heterocycles. The molecule has 96 valence electrons. The zero-order valence-electron chi connectivity index (χ0n) is 10.4. The van der Waals surface area contributed by atoms with Crippen LogP contribution in [-0.4, -0.2) is 36.6 Å². The number of nitrogens with zero attached hydrogens (tertiary/aromatic N) is 5. The number of hydrogen-bond acceptors (Lipinski definition) is 5. The van der Waals surface area contributed by atoms with Crippen LogP contribution in [0, 0.1) is 11.3 Å². The SMILES string of the molecule is CN(CCC#N)c1ncc(Br)c(N2CCCC2)n1. The van der Waals surface area contributed by atoms with E-state index < -0.39 is 0 Å². The average molecular weight is 310 g/mol. The van der Waals surface area contributed by atoms with E-state index in [2.05, 4.69) is 36.9 Å². The summed E-state index contributed by atoms with van der Waals surface area (Å²) in [5.41, 5.74) is 0. The largest absolute Gasteiger partial charge is 0.356 e. The molecule has 1 aromatic heterocycles. The molecule has 1 aliphatic rings. The van der Waals surface area contributed by atoms with E-state index in [1.54, 1.807) is 6.20 Å². The van der Waals surface area contributed by atoms with Crippen LogP contribution in [0.15, 0.2) is 10.7 Å². The predicted molar refractivity (Wildman–Crippen MR) is 74.7 cm³/mol. The van der Waals surface area contributed by atoms with Crippen LogP contribution < -0.4 is 9.80 Å². The Balaban J connectivity index is 2.17. The molecule has 0 amide bonds. The van der Waals surface area contributed by atoms with Crippen molar-refractivity contribution in [2.45, 2.75) is 19.3 Å². The number of aromatic nitrogens is 2. The molecular formula is C12H16BrN5. The quantitative estimate of drug-likeness (QED) is 0.853. The second kappa shape index (κ2) is 6.01. The van der Waals surface area contributed by atoms with E-state index in [0.29, 0.717) is 18.9 Å². The third-order valence-electron chi connectivity index (χ3n) is 3.02. The van der Waals surface area contributed by atoms with Crippen molar-refractivity contribution >= 4 is 27.7 Å². The molecule has 18 heavy (non-hydrogen) atoms. The van der Waals surface area contributed by atoms with Gasteiger partial charge in [0.25, 0.3) is 0 Å². The first-order valence-electron chi connectivity index (χ1n) is 6.08. The van der Waals surface area contributed by atoms with Crippen LogP contribution in [0.4, 0.5) is 11.8 Å². The number of anilines is 2. The fraction of sp³-hybridized carbons (Fsp3) is 0.583.